The van der Waals surface area contributed by atoms with Gasteiger partial charge in [-0.2, -0.15) is 0 Å². The Labute approximate surface area is 67.5 Å². The average molecular weight is 154 g/mol. The number of hydrogen-bond donors (Lipinski definition) is 0. The Balaban J connectivity index is 2.53. The lowest BCUT2D eigenvalue weighted by atomic mass is 10.1. The molecule has 0 aromatic carbocycles. The van der Waals surface area contributed by atoms with E-state index in [1.54, 1.807) is 0 Å². The number of hydrogen-bond acceptors (Lipinski definition) is 2. The first-order valence-corrected chi connectivity index (χ1v) is 3.83. The molecule has 2 heteroatoms. The summed E-state index contributed by atoms with van der Waals surface area (Å²) < 4.78 is 10.9. The molecule has 1 rings (SSSR count). The summed E-state index contributed by atoms with van der Waals surface area (Å²) >= 11 is 0. The smallest absolute Gasteiger partial charge is 0.175 e. The third kappa shape index (κ3) is 1.91. The van der Waals surface area contributed by atoms with E-state index in [4.69, 9.17) is 9.47 Å². The molecule has 0 aliphatic carbocycles. The Morgan fingerprint density at radius 2 is 1.55 bits per heavy atom. The van der Waals surface area contributed by atoms with E-state index in [0.29, 0.717) is 13.2 Å². The highest BCUT2D eigenvalue weighted by atomic mass is 16.7. The number of rotatable bonds is 4. The standard InChI is InChI=1S/C9H14O2/c1-3-5-9(6-4-2)10-7-8-11-9/h3-4H,1-2,5-8H2. The fraction of sp³-hybridized carbons (Fsp3) is 0.556. The molecule has 0 aromatic heterocycles. The Kier molecular flexibility index (Phi) is 2.85. The van der Waals surface area contributed by atoms with Crippen molar-refractivity contribution in [3.8, 4) is 0 Å². The normalized spacial score (nSPS) is 21.5. The minimum atomic E-state index is -0.441. The molecule has 2 nitrogen and oxygen atoms in total. The van der Waals surface area contributed by atoms with Crippen LogP contribution in [0.5, 0.6) is 0 Å². The molecule has 0 amide bonds. The first-order chi connectivity index (χ1) is 5.33. The fourth-order valence-electron chi connectivity index (χ4n) is 1.26. The molecule has 0 unspecified atom stereocenters. The van der Waals surface area contributed by atoms with Gasteiger partial charge in [0, 0.05) is 12.8 Å². The van der Waals surface area contributed by atoms with Crippen LogP contribution in [0.1, 0.15) is 12.8 Å². The van der Waals surface area contributed by atoms with Crippen LogP contribution >= 0.6 is 0 Å². The van der Waals surface area contributed by atoms with Crippen molar-refractivity contribution in [1.82, 2.24) is 0 Å². The SMILES string of the molecule is C=CCC1(CC=C)OCCO1. The van der Waals surface area contributed by atoms with Crippen molar-refractivity contribution in [2.45, 2.75) is 18.6 Å². The van der Waals surface area contributed by atoms with Gasteiger partial charge in [0.15, 0.2) is 5.79 Å². The molecule has 0 aromatic rings. The van der Waals surface area contributed by atoms with Crippen LogP contribution in [0.3, 0.4) is 0 Å². The predicted octanol–water partition coefficient (Wildman–Crippen LogP) is 1.88. The Morgan fingerprint density at radius 1 is 1.09 bits per heavy atom. The van der Waals surface area contributed by atoms with E-state index in [9.17, 15) is 0 Å². The van der Waals surface area contributed by atoms with Gasteiger partial charge in [0.1, 0.15) is 0 Å². The van der Waals surface area contributed by atoms with Gasteiger partial charge in [-0.25, -0.2) is 0 Å². The molecular formula is C9H14O2. The lowest BCUT2D eigenvalue weighted by Crippen LogP contribution is -2.28. The molecular weight excluding hydrogens is 140 g/mol. The maximum Gasteiger partial charge on any atom is 0.175 e. The molecule has 0 bridgehead atoms. The van der Waals surface area contributed by atoms with Crippen LogP contribution in [0, 0.1) is 0 Å². The third-order valence-electron chi connectivity index (χ3n) is 1.72. The summed E-state index contributed by atoms with van der Waals surface area (Å²) in [6, 6.07) is 0. The highest BCUT2D eigenvalue weighted by Crippen LogP contribution is 2.27. The molecule has 0 atom stereocenters. The molecule has 0 N–H and O–H groups in total. The molecule has 0 radical (unpaired) electrons. The van der Waals surface area contributed by atoms with E-state index in [0.717, 1.165) is 12.8 Å². The quantitative estimate of drug-likeness (QED) is 0.575. The van der Waals surface area contributed by atoms with Crippen molar-refractivity contribution < 1.29 is 9.47 Å². The second kappa shape index (κ2) is 3.69. The highest BCUT2D eigenvalue weighted by molar-refractivity contribution is 4.88. The van der Waals surface area contributed by atoms with Crippen LogP contribution in [0.15, 0.2) is 25.3 Å². The van der Waals surface area contributed by atoms with Gasteiger partial charge in [0.25, 0.3) is 0 Å². The van der Waals surface area contributed by atoms with Crippen LogP contribution in [-0.4, -0.2) is 19.0 Å². The second-order valence-corrected chi connectivity index (χ2v) is 2.59. The molecule has 0 saturated carbocycles. The summed E-state index contributed by atoms with van der Waals surface area (Å²) in [6.45, 7) is 8.68. The molecule has 1 aliphatic heterocycles. The molecule has 1 saturated heterocycles. The van der Waals surface area contributed by atoms with E-state index in [2.05, 4.69) is 13.2 Å². The van der Waals surface area contributed by atoms with Crippen molar-refractivity contribution in [3.05, 3.63) is 25.3 Å². The zero-order valence-electron chi connectivity index (χ0n) is 6.71. The van der Waals surface area contributed by atoms with E-state index < -0.39 is 5.79 Å². The van der Waals surface area contributed by atoms with E-state index in [1.807, 2.05) is 12.2 Å². The lowest BCUT2D eigenvalue weighted by molar-refractivity contribution is -0.150. The van der Waals surface area contributed by atoms with Crippen LogP contribution < -0.4 is 0 Å². The summed E-state index contributed by atoms with van der Waals surface area (Å²) in [6.07, 6.45) is 5.10. The Bertz CT molecular complexity index is 134. The largest absolute Gasteiger partial charge is 0.347 e. The van der Waals surface area contributed by atoms with Crippen LogP contribution in [0.4, 0.5) is 0 Å². The van der Waals surface area contributed by atoms with Gasteiger partial charge in [-0.05, 0) is 0 Å². The van der Waals surface area contributed by atoms with Crippen LogP contribution in [0.2, 0.25) is 0 Å². The van der Waals surface area contributed by atoms with Crippen molar-refractivity contribution in [1.29, 1.82) is 0 Å². The van der Waals surface area contributed by atoms with Gasteiger partial charge in [-0.15, -0.1) is 13.2 Å². The molecule has 1 fully saturated rings. The maximum absolute atomic E-state index is 5.46. The van der Waals surface area contributed by atoms with E-state index >= 15 is 0 Å². The van der Waals surface area contributed by atoms with Gasteiger partial charge in [0.2, 0.25) is 0 Å². The van der Waals surface area contributed by atoms with E-state index in [1.165, 1.54) is 0 Å². The van der Waals surface area contributed by atoms with E-state index in [-0.39, 0.29) is 0 Å². The summed E-state index contributed by atoms with van der Waals surface area (Å²) in [4.78, 5) is 0. The van der Waals surface area contributed by atoms with Crippen LogP contribution in [0.25, 0.3) is 0 Å². The first-order valence-electron chi connectivity index (χ1n) is 3.83. The first kappa shape index (κ1) is 8.50. The van der Waals surface area contributed by atoms with Gasteiger partial charge >= 0.3 is 0 Å². The van der Waals surface area contributed by atoms with Crippen molar-refractivity contribution >= 4 is 0 Å². The zero-order valence-corrected chi connectivity index (χ0v) is 6.71. The molecule has 0 spiro atoms. The average Bonchev–Trinajstić information content (AvgIpc) is 2.39. The fourth-order valence-corrected chi connectivity index (χ4v) is 1.26. The molecule has 62 valence electrons. The second-order valence-electron chi connectivity index (χ2n) is 2.59. The van der Waals surface area contributed by atoms with Gasteiger partial charge in [-0.1, -0.05) is 12.2 Å². The van der Waals surface area contributed by atoms with Crippen molar-refractivity contribution in [3.63, 3.8) is 0 Å². The topological polar surface area (TPSA) is 18.5 Å². The van der Waals surface area contributed by atoms with Crippen molar-refractivity contribution in [2.24, 2.45) is 0 Å². The molecule has 1 heterocycles. The summed E-state index contributed by atoms with van der Waals surface area (Å²) in [5.41, 5.74) is 0. The Morgan fingerprint density at radius 3 is 1.91 bits per heavy atom. The van der Waals surface area contributed by atoms with Crippen molar-refractivity contribution in [2.75, 3.05) is 13.2 Å². The van der Waals surface area contributed by atoms with Crippen LogP contribution in [-0.2, 0) is 9.47 Å². The predicted molar refractivity (Wildman–Crippen MR) is 44.3 cm³/mol. The minimum absolute atomic E-state index is 0.441. The summed E-state index contributed by atoms with van der Waals surface area (Å²) in [5, 5.41) is 0. The molecule has 1 aliphatic rings. The lowest BCUT2D eigenvalue weighted by Gasteiger charge is -2.24. The Hall–Kier alpha value is -0.600. The summed E-state index contributed by atoms with van der Waals surface area (Å²) in [5.74, 6) is -0.441. The van der Waals surface area contributed by atoms with Gasteiger partial charge in [0.05, 0.1) is 13.2 Å². The highest BCUT2D eigenvalue weighted by Gasteiger charge is 2.33. The monoisotopic (exact) mass is 154 g/mol. The minimum Gasteiger partial charge on any atom is -0.347 e. The van der Waals surface area contributed by atoms with Gasteiger partial charge < -0.3 is 9.47 Å². The third-order valence-corrected chi connectivity index (χ3v) is 1.72. The maximum atomic E-state index is 5.46. The number of ether oxygens (including phenoxy) is 2. The molecule has 11 heavy (non-hydrogen) atoms. The summed E-state index contributed by atoms with van der Waals surface area (Å²) in [7, 11) is 0. The van der Waals surface area contributed by atoms with Gasteiger partial charge in [-0.3, -0.25) is 0 Å². The zero-order chi connectivity index (χ0) is 8.16.